The molecule has 2 aromatic carbocycles. The second-order valence-corrected chi connectivity index (χ2v) is 5.24. The highest BCUT2D eigenvalue weighted by atomic mass is 19.1. The van der Waals surface area contributed by atoms with Gasteiger partial charge in [-0.2, -0.15) is 0 Å². The molecule has 0 saturated heterocycles. The monoisotopic (exact) mass is 313 g/mol. The van der Waals surface area contributed by atoms with Crippen molar-refractivity contribution >= 4 is 16.9 Å². The van der Waals surface area contributed by atoms with Crippen molar-refractivity contribution in [3.8, 4) is 0 Å². The molecule has 1 aliphatic heterocycles. The van der Waals surface area contributed by atoms with E-state index in [0.717, 1.165) is 12.1 Å². The van der Waals surface area contributed by atoms with Gasteiger partial charge in [-0.25, -0.2) is 8.78 Å². The van der Waals surface area contributed by atoms with Gasteiger partial charge in [-0.15, -0.1) is 0 Å². The molecular formula is C17H9F2NO3. The van der Waals surface area contributed by atoms with Crippen molar-refractivity contribution in [2.24, 2.45) is 0 Å². The quantitative estimate of drug-likeness (QED) is 0.751. The van der Waals surface area contributed by atoms with E-state index < -0.39 is 29.0 Å². The van der Waals surface area contributed by atoms with E-state index in [9.17, 15) is 18.4 Å². The number of hydrogen-bond acceptors (Lipinski definition) is 3. The minimum absolute atomic E-state index is 0.00167. The lowest BCUT2D eigenvalue weighted by atomic mass is 9.99. The fraction of sp³-hybridized carbons (Fsp3) is 0.0588. The molecule has 3 aromatic rings. The molecule has 114 valence electrons. The second kappa shape index (κ2) is 4.74. The van der Waals surface area contributed by atoms with Crippen LogP contribution in [-0.4, -0.2) is 5.91 Å². The van der Waals surface area contributed by atoms with Gasteiger partial charge in [0.25, 0.3) is 5.91 Å². The standard InChI is InChI=1S/C17H9F2NO3/c18-8-5-6-12-10(7-8)15(21)13-14(20-17(22)16(13)23-12)9-3-1-2-4-11(9)19/h1-7,14H,(H,20,22). The van der Waals surface area contributed by atoms with E-state index in [0.29, 0.717) is 0 Å². The van der Waals surface area contributed by atoms with Crippen LogP contribution in [0.4, 0.5) is 8.78 Å². The zero-order valence-corrected chi connectivity index (χ0v) is 11.6. The fourth-order valence-corrected chi connectivity index (χ4v) is 2.82. The third-order valence-electron chi connectivity index (χ3n) is 3.87. The van der Waals surface area contributed by atoms with Crippen molar-refractivity contribution < 1.29 is 18.0 Å². The average molecular weight is 313 g/mol. The van der Waals surface area contributed by atoms with Crippen LogP contribution < -0.4 is 10.7 Å². The molecular weight excluding hydrogens is 304 g/mol. The number of hydrogen-bond donors (Lipinski definition) is 1. The second-order valence-electron chi connectivity index (χ2n) is 5.24. The molecule has 4 rings (SSSR count). The van der Waals surface area contributed by atoms with Crippen LogP contribution in [0.5, 0.6) is 0 Å². The van der Waals surface area contributed by atoms with E-state index in [1.807, 2.05) is 0 Å². The molecule has 1 amide bonds. The van der Waals surface area contributed by atoms with Crippen molar-refractivity contribution in [2.75, 3.05) is 0 Å². The Balaban J connectivity index is 2.04. The van der Waals surface area contributed by atoms with Crippen molar-refractivity contribution in [3.05, 3.63) is 81.2 Å². The summed E-state index contributed by atoms with van der Waals surface area (Å²) in [6, 6.07) is 8.34. The normalized spacial score (nSPS) is 16.4. The number of rotatable bonds is 1. The molecule has 1 aromatic heterocycles. The van der Waals surface area contributed by atoms with Crippen molar-refractivity contribution in [3.63, 3.8) is 0 Å². The molecule has 1 atom stereocenters. The average Bonchev–Trinajstić information content (AvgIpc) is 2.86. The minimum Gasteiger partial charge on any atom is -0.450 e. The maximum atomic E-state index is 14.0. The topological polar surface area (TPSA) is 59.3 Å². The Kier molecular flexibility index (Phi) is 2.81. The van der Waals surface area contributed by atoms with Gasteiger partial charge < -0.3 is 9.73 Å². The number of carbonyl (C=O) groups excluding carboxylic acids is 1. The van der Waals surface area contributed by atoms with Gasteiger partial charge in [0, 0.05) is 5.56 Å². The number of halogens is 2. The van der Waals surface area contributed by atoms with Gasteiger partial charge in [0.15, 0.2) is 5.43 Å². The predicted octanol–water partition coefficient (Wildman–Crippen LogP) is 2.90. The maximum absolute atomic E-state index is 14.0. The van der Waals surface area contributed by atoms with Crippen LogP contribution >= 0.6 is 0 Å². The maximum Gasteiger partial charge on any atom is 0.288 e. The van der Waals surface area contributed by atoms with Crippen LogP contribution in [0.3, 0.4) is 0 Å². The molecule has 0 radical (unpaired) electrons. The Bertz CT molecular complexity index is 1030. The predicted molar refractivity (Wildman–Crippen MR) is 78.2 cm³/mol. The Morgan fingerprint density at radius 2 is 1.83 bits per heavy atom. The Hall–Kier alpha value is -3.02. The third kappa shape index (κ3) is 1.95. The van der Waals surface area contributed by atoms with E-state index in [1.165, 1.54) is 24.3 Å². The Labute approximate surface area is 128 Å². The van der Waals surface area contributed by atoms with Crippen molar-refractivity contribution in [2.45, 2.75) is 6.04 Å². The Morgan fingerprint density at radius 3 is 2.61 bits per heavy atom. The molecule has 0 fully saturated rings. The van der Waals surface area contributed by atoms with Crippen LogP contribution in [0.1, 0.15) is 27.7 Å². The first-order valence-corrected chi connectivity index (χ1v) is 6.88. The molecule has 0 saturated carbocycles. The highest BCUT2D eigenvalue weighted by molar-refractivity contribution is 5.98. The van der Waals surface area contributed by atoms with E-state index in [4.69, 9.17) is 4.42 Å². The summed E-state index contributed by atoms with van der Waals surface area (Å²) in [4.78, 5) is 24.8. The summed E-state index contributed by atoms with van der Waals surface area (Å²) in [6.45, 7) is 0. The lowest BCUT2D eigenvalue weighted by Crippen LogP contribution is -2.22. The van der Waals surface area contributed by atoms with Crippen molar-refractivity contribution in [1.82, 2.24) is 5.32 Å². The summed E-state index contributed by atoms with van der Waals surface area (Å²) < 4.78 is 32.9. The van der Waals surface area contributed by atoms with Gasteiger partial charge in [-0.3, -0.25) is 9.59 Å². The van der Waals surface area contributed by atoms with E-state index >= 15 is 0 Å². The van der Waals surface area contributed by atoms with Crippen molar-refractivity contribution in [1.29, 1.82) is 0 Å². The third-order valence-corrected chi connectivity index (χ3v) is 3.87. The molecule has 1 N–H and O–H groups in total. The van der Waals surface area contributed by atoms with Gasteiger partial charge in [0.05, 0.1) is 17.0 Å². The van der Waals surface area contributed by atoms with Crippen LogP contribution in [0.2, 0.25) is 0 Å². The van der Waals surface area contributed by atoms with Crippen LogP contribution in [0.15, 0.2) is 51.7 Å². The first-order valence-electron chi connectivity index (χ1n) is 6.88. The van der Waals surface area contributed by atoms with Gasteiger partial charge in [0.2, 0.25) is 5.76 Å². The summed E-state index contributed by atoms with van der Waals surface area (Å²) in [5.41, 5.74) is -0.285. The van der Waals surface area contributed by atoms with Gasteiger partial charge in [0.1, 0.15) is 17.2 Å². The smallest absolute Gasteiger partial charge is 0.288 e. The Morgan fingerprint density at radius 1 is 1.04 bits per heavy atom. The molecule has 0 bridgehead atoms. The highest BCUT2D eigenvalue weighted by Gasteiger charge is 2.37. The number of fused-ring (bicyclic) bond motifs is 2. The molecule has 0 spiro atoms. The summed E-state index contributed by atoms with van der Waals surface area (Å²) in [6.07, 6.45) is 0. The number of carbonyl (C=O) groups is 1. The summed E-state index contributed by atoms with van der Waals surface area (Å²) >= 11 is 0. The number of nitrogens with one attached hydrogen (secondary N) is 1. The SMILES string of the molecule is O=C1NC(c2ccccc2F)c2c1oc1ccc(F)cc1c2=O. The zero-order valence-electron chi connectivity index (χ0n) is 11.6. The molecule has 2 heterocycles. The number of benzene rings is 2. The van der Waals surface area contributed by atoms with Gasteiger partial charge in [-0.05, 0) is 24.3 Å². The van der Waals surface area contributed by atoms with Crippen LogP contribution in [-0.2, 0) is 0 Å². The zero-order chi connectivity index (χ0) is 16.1. The summed E-state index contributed by atoms with van der Waals surface area (Å²) in [5, 5.41) is 2.56. The van der Waals surface area contributed by atoms with Gasteiger partial charge in [-0.1, -0.05) is 18.2 Å². The number of amides is 1. The molecule has 1 unspecified atom stereocenters. The largest absolute Gasteiger partial charge is 0.450 e. The molecule has 4 nitrogen and oxygen atoms in total. The first kappa shape index (κ1) is 13.6. The molecule has 23 heavy (non-hydrogen) atoms. The van der Waals surface area contributed by atoms with Gasteiger partial charge >= 0.3 is 0 Å². The first-order chi connectivity index (χ1) is 11.1. The highest BCUT2D eigenvalue weighted by Crippen LogP contribution is 2.32. The van der Waals surface area contributed by atoms with E-state index in [1.54, 1.807) is 6.07 Å². The summed E-state index contributed by atoms with van der Waals surface area (Å²) in [5.74, 6) is -1.91. The lowest BCUT2D eigenvalue weighted by molar-refractivity contribution is 0.0937. The lowest BCUT2D eigenvalue weighted by Gasteiger charge is -2.12. The minimum atomic E-state index is -0.956. The van der Waals surface area contributed by atoms with E-state index in [-0.39, 0.29) is 27.9 Å². The molecule has 6 heteroatoms. The molecule has 0 aliphatic carbocycles. The molecule has 1 aliphatic rings. The van der Waals surface area contributed by atoms with Crippen LogP contribution in [0.25, 0.3) is 11.0 Å². The van der Waals surface area contributed by atoms with E-state index in [2.05, 4.69) is 5.32 Å². The summed E-state index contributed by atoms with van der Waals surface area (Å²) in [7, 11) is 0. The fourth-order valence-electron chi connectivity index (χ4n) is 2.82. The van der Waals surface area contributed by atoms with Crippen LogP contribution in [0, 0.1) is 11.6 Å².